The van der Waals surface area contributed by atoms with Crippen LogP contribution in [-0.4, -0.2) is 57.5 Å². The van der Waals surface area contributed by atoms with Gasteiger partial charge in [-0.15, -0.1) is 0 Å². The molecule has 6 nitrogen and oxygen atoms in total. The summed E-state index contributed by atoms with van der Waals surface area (Å²) in [6.45, 7) is 6.37. The summed E-state index contributed by atoms with van der Waals surface area (Å²) in [5.41, 5.74) is 4.32. The molecule has 0 aromatic heterocycles. The van der Waals surface area contributed by atoms with E-state index >= 15 is 0 Å². The molecular formula is C24H35N5O. The number of aryl methyl sites for hydroxylation is 1. The second kappa shape index (κ2) is 12.0. The molecule has 0 radical (unpaired) electrons. The summed E-state index contributed by atoms with van der Waals surface area (Å²) < 4.78 is 0. The van der Waals surface area contributed by atoms with Gasteiger partial charge in [-0.25, -0.2) is 0 Å². The van der Waals surface area contributed by atoms with Crippen molar-refractivity contribution in [2.75, 3.05) is 40.8 Å². The summed E-state index contributed by atoms with van der Waals surface area (Å²) in [4.78, 5) is 18.8. The highest BCUT2D eigenvalue weighted by atomic mass is 16.1. The maximum absolute atomic E-state index is 11.8. The minimum absolute atomic E-state index is 0.0643. The Morgan fingerprint density at radius 1 is 1.10 bits per heavy atom. The van der Waals surface area contributed by atoms with Crippen LogP contribution in [0.3, 0.4) is 0 Å². The van der Waals surface area contributed by atoms with Crippen molar-refractivity contribution in [1.29, 1.82) is 0 Å². The smallest absolute Gasteiger partial charge is 0.251 e. The second-order valence-electron chi connectivity index (χ2n) is 7.57. The van der Waals surface area contributed by atoms with Gasteiger partial charge in [0.15, 0.2) is 5.96 Å². The first-order valence-corrected chi connectivity index (χ1v) is 10.5. The van der Waals surface area contributed by atoms with Crippen molar-refractivity contribution in [2.24, 2.45) is 4.99 Å². The second-order valence-corrected chi connectivity index (χ2v) is 7.57. The van der Waals surface area contributed by atoms with Gasteiger partial charge < -0.3 is 20.9 Å². The van der Waals surface area contributed by atoms with Crippen molar-refractivity contribution in [3.8, 4) is 0 Å². The number of likely N-dealkylation sites (N-methyl/N-ethyl adjacent to an activating group) is 1. The summed E-state index contributed by atoms with van der Waals surface area (Å²) in [5, 5.41) is 9.39. The third-order valence-corrected chi connectivity index (χ3v) is 4.97. The zero-order chi connectivity index (χ0) is 21.9. The minimum Gasteiger partial charge on any atom is -0.357 e. The lowest BCUT2D eigenvalue weighted by Gasteiger charge is -2.24. The SMILES string of the molecule is CCNC(=NCC(c1ccc(C)cc1)N(C)C)NCCc1cccc(C(=O)NC)c1. The monoisotopic (exact) mass is 409 g/mol. The Morgan fingerprint density at radius 2 is 1.83 bits per heavy atom. The van der Waals surface area contributed by atoms with Gasteiger partial charge >= 0.3 is 0 Å². The van der Waals surface area contributed by atoms with Crippen molar-refractivity contribution in [2.45, 2.75) is 26.3 Å². The number of hydrogen-bond acceptors (Lipinski definition) is 3. The van der Waals surface area contributed by atoms with Crippen LogP contribution in [0.25, 0.3) is 0 Å². The minimum atomic E-state index is -0.0643. The maximum atomic E-state index is 11.8. The van der Waals surface area contributed by atoms with Gasteiger partial charge in [0.05, 0.1) is 12.6 Å². The largest absolute Gasteiger partial charge is 0.357 e. The number of carbonyl (C=O) groups excluding carboxylic acids is 1. The summed E-state index contributed by atoms with van der Waals surface area (Å²) in [6, 6.07) is 16.6. The van der Waals surface area contributed by atoms with E-state index in [1.165, 1.54) is 11.1 Å². The molecule has 0 spiro atoms. The van der Waals surface area contributed by atoms with Crippen LogP contribution in [0.15, 0.2) is 53.5 Å². The van der Waals surface area contributed by atoms with E-state index in [0.717, 1.165) is 31.0 Å². The number of aliphatic imine (C=N–C) groups is 1. The van der Waals surface area contributed by atoms with Gasteiger partial charge in [-0.05, 0) is 57.6 Å². The van der Waals surface area contributed by atoms with E-state index in [-0.39, 0.29) is 11.9 Å². The fourth-order valence-corrected chi connectivity index (χ4v) is 3.21. The number of rotatable bonds is 9. The van der Waals surface area contributed by atoms with Gasteiger partial charge in [0.1, 0.15) is 0 Å². The van der Waals surface area contributed by atoms with E-state index in [0.29, 0.717) is 12.1 Å². The molecule has 0 saturated heterocycles. The molecule has 0 bridgehead atoms. The quantitative estimate of drug-likeness (QED) is 0.440. The first-order valence-electron chi connectivity index (χ1n) is 10.5. The van der Waals surface area contributed by atoms with Gasteiger partial charge in [-0.2, -0.15) is 0 Å². The molecule has 1 amide bonds. The van der Waals surface area contributed by atoms with Gasteiger partial charge in [0, 0.05) is 25.7 Å². The summed E-state index contributed by atoms with van der Waals surface area (Å²) in [6.07, 6.45) is 0.810. The molecular weight excluding hydrogens is 374 g/mol. The van der Waals surface area contributed by atoms with Gasteiger partial charge in [-0.3, -0.25) is 9.79 Å². The van der Waals surface area contributed by atoms with Gasteiger partial charge in [0.25, 0.3) is 5.91 Å². The Morgan fingerprint density at radius 3 is 2.47 bits per heavy atom. The maximum Gasteiger partial charge on any atom is 0.251 e. The molecule has 2 aromatic rings. The average Bonchev–Trinajstić information content (AvgIpc) is 2.74. The number of guanidine groups is 1. The lowest BCUT2D eigenvalue weighted by Crippen LogP contribution is -2.39. The fraction of sp³-hybridized carbons (Fsp3) is 0.417. The molecule has 0 heterocycles. The molecule has 2 rings (SSSR count). The molecule has 0 aliphatic heterocycles. The number of hydrogen-bond donors (Lipinski definition) is 3. The molecule has 0 aliphatic rings. The van der Waals surface area contributed by atoms with Crippen LogP contribution in [0.1, 0.15) is 40.0 Å². The summed E-state index contributed by atoms with van der Waals surface area (Å²) in [7, 11) is 5.81. The Bertz CT molecular complexity index is 830. The summed E-state index contributed by atoms with van der Waals surface area (Å²) >= 11 is 0. The fourth-order valence-electron chi connectivity index (χ4n) is 3.21. The Balaban J connectivity index is 1.99. The molecule has 0 saturated carbocycles. The highest BCUT2D eigenvalue weighted by Crippen LogP contribution is 2.19. The predicted molar refractivity (Wildman–Crippen MR) is 125 cm³/mol. The zero-order valence-corrected chi connectivity index (χ0v) is 18.8. The Hall–Kier alpha value is -2.86. The van der Waals surface area contributed by atoms with Crippen LogP contribution in [-0.2, 0) is 6.42 Å². The van der Waals surface area contributed by atoms with E-state index in [1.807, 2.05) is 24.3 Å². The molecule has 0 aliphatic carbocycles. The standard InChI is InChI=1S/C24H35N5O/c1-6-26-24(27-15-14-19-8-7-9-21(16-19)23(30)25-3)28-17-22(29(4)5)20-12-10-18(2)11-13-20/h7-13,16,22H,6,14-15,17H2,1-5H3,(H,25,30)(H2,26,27,28). The summed E-state index contributed by atoms with van der Waals surface area (Å²) in [5.74, 6) is 0.740. The average molecular weight is 410 g/mol. The number of carbonyl (C=O) groups is 1. The highest BCUT2D eigenvalue weighted by molar-refractivity contribution is 5.94. The normalized spacial score (nSPS) is 12.5. The number of amides is 1. The van der Waals surface area contributed by atoms with Gasteiger partial charge in [0.2, 0.25) is 0 Å². The third kappa shape index (κ3) is 7.19. The molecule has 2 aromatic carbocycles. The molecule has 1 unspecified atom stereocenters. The van der Waals surface area contributed by atoms with Crippen LogP contribution in [0.5, 0.6) is 0 Å². The van der Waals surface area contributed by atoms with E-state index in [4.69, 9.17) is 4.99 Å². The topological polar surface area (TPSA) is 68.8 Å². The number of nitrogens with one attached hydrogen (secondary N) is 3. The van der Waals surface area contributed by atoms with E-state index < -0.39 is 0 Å². The first kappa shape index (κ1) is 23.4. The van der Waals surface area contributed by atoms with Crippen LogP contribution < -0.4 is 16.0 Å². The Labute approximate surface area is 180 Å². The predicted octanol–water partition coefficient (Wildman–Crippen LogP) is 2.76. The first-order chi connectivity index (χ1) is 14.4. The lowest BCUT2D eigenvalue weighted by molar-refractivity contribution is 0.0963. The van der Waals surface area contributed by atoms with Gasteiger partial charge in [-0.1, -0.05) is 42.0 Å². The van der Waals surface area contributed by atoms with E-state index in [1.54, 1.807) is 7.05 Å². The van der Waals surface area contributed by atoms with Crippen molar-refractivity contribution < 1.29 is 4.79 Å². The molecule has 30 heavy (non-hydrogen) atoms. The molecule has 0 fully saturated rings. The van der Waals surface area contributed by atoms with Crippen molar-refractivity contribution in [3.05, 3.63) is 70.8 Å². The lowest BCUT2D eigenvalue weighted by atomic mass is 10.0. The van der Waals surface area contributed by atoms with E-state index in [9.17, 15) is 4.79 Å². The molecule has 6 heteroatoms. The molecule has 1 atom stereocenters. The van der Waals surface area contributed by atoms with Crippen molar-refractivity contribution >= 4 is 11.9 Å². The van der Waals surface area contributed by atoms with Crippen LogP contribution >= 0.6 is 0 Å². The number of nitrogens with zero attached hydrogens (tertiary/aromatic N) is 2. The third-order valence-electron chi connectivity index (χ3n) is 4.97. The highest BCUT2D eigenvalue weighted by Gasteiger charge is 2.14. The van der Waals surface area contributed by atoms with Crippen molar-refractivity contribution in [3.63, 3.8) is 0 Å². The Kier molecular flexibility index (Phi) is 9.35. The van der Waals surface area contributed by atoms with Crippen LogP contribution in [0.2, 0.25) is 0 Å². The van der Waals surface area contributed by atoms with Crippen LogP contribution in [0.4, 0.5) is 0 Å². The van der Waals surface area contributed by atoms with Crippen LogP contribution in [0, 0.1) is 6.92 Å². The number of benzene rings is 2. The van der Waals surface area contributed by atoms with E-state index in [2.05, 4.69) is 73.1 Å². The zero-order valence-electron chi connectivity index (χ0n) is 18.8. The molecule has 3 N–H and O–H groups in total. The van der Waals surface area contributed by atoms with Crippen molar-refractivity contribution in [1.82, 2.24) is 20.9 Å². The molecule has 162 valence electrons.